The van der Waals surface area contributed by atoms with Crippen LogP contribution >= 0.6 is 11.8 Å². The third-order valence-corrected chi connectivity index (χ3v) is 6.52. The van der Waals surface area contributed by atoms with Crippen LogP contribution in [0.1, 0.15) is 16.7 Å². The van der Waals surface area contributed by atoms with E-state index in [-0.39, 0.29) is 30.1 Å². The Hall–Kier alpha value is -3.90. The Labute approximate surface area is 200 Å². The maximum atomic E-state index is 13.7. The number of carbonyl (C=O) groups excluding carboxylic acids is 2. The summed E-state index contributed by atoms with van der Waals surface area (Å²) >= 11 is 0.940. The largest absolute Gasteiger partial charge is 0.489 e. The number of hydrogen-bond acceptors (Lipinski definition) is 4. The maximum absolute atomic E-state index is 13.7. The first-order valence-electron chi connectivity index (χ1n) is 10.8. The molecule has 0 atom stereocenters. The Morgan fingerprint density at radius 2 is 1.53 bits per heavy atom. The van der Waals surface area contributed by atoms with Crippen molar-refractivity contribution in [3.8, 4) is 5.75 Å². The Balaban J connectivity index is 1.28. The van der Waals surface area contributed by atoms with Crippen molar-refractivity contribution in [3.05, 3.63) is 118 Å². The number of rotatable bonds is 6. The first kappa shape index (κ1) is 21.9. The van der Waals surface area contributed by atoms with Crippen LogP contribution in [0.2, 0.25) is 0 Å². The number of ether oxygens (including phenoxy) is 1. The molecule has 0 bridgehead atoms. The van der Waals surface area contributed by atoms with Gasteiger partial charge in [-0.3, -0.25) is 14.5 Å². The van der Waals surface area contributed by atoms with Crippen LogP contribution in [-0.2, 0) is 17.9 Å². The van der Waals surface area contributed by atoms with Crippen molar-refractivity contribution in [2.24, 2.45) is 0 Å². The van der Waals surface area contributed by atoms with E-state index < -0.39 is 0 Å². The van der Waals surface area contributed by atoms with E-state index in [4.69, 9.17) is 4.74 Å². The highest BCUT2D eigenvalue weighted by Gasteiger charge is 2.35. The van der Waals surface area contributed by atoms with Gasteiger partial charge in [-0.25, -0.2) is 4.39 Å². The molecule has 2 amide bonds. The van der Waals surface area contributed by atoms with Gasteiger partial charge >= 0.3 is 0 Å². The third kappa shape index (κ3) is 4.58. The minimum atomic E-state index is -0.307. The van der Waals surface area contributed by atoms with Crippen LogP contribution in [-0.4, -0.2) is 16.0 Å². The molecule has 4 aromatic carbocycles. The summed E-state index contributed by atoms with van der Waals surface area (Å²) in [5.74, 6) is -0.0226. The topological polar surface area (TPSA) is 46.6 Å². The lowest BCUT2D eigenvalue weighted by Crippen LogP contribution is -2.27. The monoisotopic (exact) mass is 469 g/mol. The highest BCUT2D eigenvalue weighted by atomic mass is 32.2. The molecule has 0 saturated carbocycles. The number of amides is 2. The number of imide groups is 1. The molecule has 0 unspecified atom stereocenters. The number of benzene rings is 4. The van der Waals surface area contributed by atoms with Crippen LogP contribution in [0, 0.1) is 5.82 Å². The summed E-state index contributed by atoms with van der Waals surface area (Å²) in [4.78, 5) is 27.2. The number of carbonyl (C=O) groups is 2. The van der Waals surface area contributed by atoms with Crippen LogP contribution in [0.4, 0.5) is 9.18 Å². The second-order valence-corrected chi connectivity index (χ2v) is 8.85. The van der Waals surface area contributed by atoms with Gasteiger partial charge < -0.3 is 4.74 Å². The normalized spacial score (nSPS) is 14.9. The number of thioether (sulfide) groups is 1. The predicted octanol–water partition coefficient (Wildman–Crippen LogP) is 6.79. The molecular weight excluding hydrogens is 449 g/mol. The van der Waals surface area contributed by atoms with Gasteiger partial charge in [0.1, 0.15) is 18.2 Å². The average Bonchev–Trinajstić information content (AvgIpc) is 3.12. The number of hydrogen-bond donors (Lipinski definition) is 0. The summed E-state index contributed by atoms with van der Waals surface area (Å²) in [6.45, 7) is 0.352. The van der Waals surface area contributed by atoms with Crippen molar-refractivity contribution in [1.29, 1.82) is 0 Å². The van der Waals surface area contributed by atoms with E-state index >= 15 is 0 Å². The molecule has 4 aromatic rings. The Kier molecular flexibility index (Phi) is 6.14. The molecule has 4 nitrogen and oxygen atoms in total. The Morgan fingerprint density at radius 3 is 2.35 bits per heavy atom. The number of fused-ring (bicyclic) bond motifs is 1. The molecular formula is C28H20FNO3S. The fourth-order valence-electron chi connectivity index (χ4n) is 3.83. The quantitative estimate of drug-likeness (QED) is 0.292. The standard InChI is InChI=1S/C28H20FNO3S/c29-25-11-4-2-7-22(25)18-33-23-14-12-19(13-15-23)16-26-27(31)30(28(32)34-26)17-21-9-5-8-20-6-1-3-10-24(20)21/h1-16H,17-18H2/b26-16-. The molecule has 6 heteroatoms. The van der Waals surface area contributed by atoms with E-state index in [1.807, 2.05) is 42.5 Å². The third-order valence-electron chi connectivity index (χ3n) is 5.61. The molecule has 0 radical (unpaired) electrons. The summed E-state index contributed by atoms with van der Waals surface area (Å²) in [5, 5.41) is 1.81. The van der Waals surface area contributed by atoms with Gasteiger partial charge in [0.05, 0.1) is 11.4 Å². The van der Waals surface area contributed by atoms with Gasteiger partial charge in [0.15, 0.2) is 0 Å². The zero-order valence-electron chi connectivity index (χ0n) is 18.1. The molecule has 0 spiro atoms. The molecule has 5 rings (SSSR count). The molecule has 0 aliphatic carbocycles. The number of nitrogens with zero attached hydrogens (tertiary/aromatic N) is 1. The lowest BCUT2D eigenvalue weighted by atomic mass is 10.0. The van der Waals surface area contributed by atoms with Gasteiger partial charge in [0.25, 0.3) is 11.1 Å². The van der Waals surface area contributed by atoms with Crippen molar-refractivity contribution in [2.75, 3.05) is 0 Å². The highest BCUT2D eigenvalue weighted by Crippen LogP contribution is 2.34. The average molecular weight is 470 g/mol. The molecule has 34 heavy (non-hydrogen) atoms. The first-order chi connectivity index (χ1) is 16.6. The highest BCUT2D eigenvalue weighted by molar-refractivity contribution is 8.18. The molecule has 1 saturated heterocycles. The van der Waals surface area contributed by atoms with Gasteiger partial charge in [0, 0.05) is 5.56 Å². The second kappa shape index (κ2) is 9.53. The maximum Gasteiger partial charge on any atom is 0.293 e. The van der Waals surface area contributed by atoms with Crippen molar-refractivity contribution in [1.82, 2.24) is 4.90 Å². The summed E-state index contributed by atoms with van der Waals surface area (Å²) in [6, 6.07) is 27.4. The zero-order chi connectivity index (χ0) is 23.5. The molecule has 168 valence electrons. The SMILES string of the molecule is O=C1S/C(=C\c2ccc(OCc3ccccc3F)cc2)C(=O)N1Cc1cccc2ccccc12. The van der Waals surface area contributed by atoms with Crippen LogP contribution in [0.5, 0.6) is 5.75 Å². The molecule has 1 fully saturated rings. The molecule has 1 aliphatic heterocycles. The number of halogens is 1. The van der Waals surface area contributed by atoms with Crippen LogP contribution in [0.25, 0.3) is 16.8 Å². The van der Waals surface area contributed by atoms with Crippen LogP contribution in [0.15, 0.2) is 95.9 Å². The van der Waals surface area contributed by atoms with Crippen LogP contribution in [0.3, 0.4) is 0 Å². The van der Waals surface area contributed by atoms with Crippen molar-refractivity contribution < 1.29 is 18.7 Å². The predicted molar refractivity (Wildman–Crippen MR) is 133 cm³/mol. The minimum absolute atomic E-state index is 0.124. The molecule has 1 aliphatic rings. The van der Waals surface area contributed by atoms with E-state index in [2.05, 4.69) is 0 Å². The fourth-order valence-corrected chi connectivity index (χ4v) is 4.66. The minimum Gasteiger partial charge on any atom is -0.489 e. The van der Waals surface area contributed by atoms with E-state index in [0.29, 0.717) is 16.2 Å². The van der Waals surface area contributed by atoms with Crippen molar-refractivity contribution in [2.45, 2.75) is 13.2 Å². The second-order valence-electron chi connectivity index (χ2n) is 7.86. The van der Waals surface area contributed by atoms with Gasteiger partial charge in [-0.05, 0) is 57.9 Å². The lowest BCUT2D eigenvalue weighted by Gasteiger charge is -2.14. The van der Waals surface area contributed by atoms with E-state index in [1.165, 1.54) is 11.0 Å². The Bertz CT molecular complexity index is 1410. The van der Waals surface area contributed by atoms with Crippen molar-refractivity contribution >= 4 is 39.8 Å². The van der Waals surface area contributed by atoms with Gasteiger partial charge in [-0.1, -0.05) is 72.8 Å². The molecule has 0 aromatic heterocycles. The van der Waals surface area contributed by atoms with E-state index in [1.54, 1.807) is 48.5 Å². The summed E-state index contributed by atoms with van der Waals surface area (Å²) in [6.07, 6.45) is 1.70. The van der Waals surface area contributed by atoms with Gasteiger partial charge in [0.2, 0.25) is 0 Å². The smallest absolute Gasteiger partial charge is 0.293 e. The fraction of sp³-hybridized carbons (Fsp3) is 0.0714. The zero-order valence-corrected chi connectivity index (χ0v) is 18.9. The lowest BCUT2D eigenvalue weighted by molar-refractivity contribution is -0.123. The van der Waals surface area contributed by atoms with E-state index in [0.717, 1.165) is 33.7 Å². The van der Waals surface area contributed by atoms with E-state index in [9.17, 15) is 14.0 Å². The van der Waals surface area contributed by atoms with Crippen molar-refractivity contribution in [3.63, 3.8) is 0 Å². The van der Waals surface area contributed by atoms with Crippen LogP contribution < -0.4 is 4.74 Å². The first-order valence-corrected chi connectivity index (χ1v) is 11.6. The van der Waals surface area contributed by atoms with Gasteiger partial charge in [-0.2, -0.15) is 0 Å². The Morgan fingerprint density at radius 1 is 0.824 bits per heavy atom. The summed E-state index contributed by atoms with van der Waals surface area (Å²) in [5.41, 5.74) is 2.18. The molecule has 1 heterocycles. The molecule has 0 N–H and O–H groups in total. The summed E-state index contributed by atoms with van der Waals surface area (Å²) in [7, 11) is 0. The summed E-state index contributed by atoms with van der Waals surface area (Å²) < 4.78 is 19.4. The van der Waals surface area contributed by atoms with Gasteiger partial charge in [-0.15, -0.1) is 0 Å².